The third-order valence-electron chi connectivity index (χ3n) is 4.14. The molecule has 0 aliphatic heterocycles. The van der Waals surface area contributed by atoms with Crippen LogP contribution in [0, 0.1) is 11.3 Å². The first-order valence-electron chi connectivity index (χ1n) is 6.30. The van der Waals surface area contributed by atoms with Crippen molar-refractivity contribution in [2.75, 3.05) is 20.2 Å². The Kier molecular flexibility index (Phi) is 4.04. The van der Waals surface area contributed by atoms with Crippen molar-refractivity contribution in [3.8, 4) is 0 Å². The number of nitrogens with two attached hydrogens (primary N) is 1. The molecule has 1 rings (SSSR count). The highest BCUT2D eigenvalue weighted by molar-refractivity contribution is 5.01. The first-order valence-corrected chi connectivity index (χ1v) is 6.30. The van der Waals surface area contributed by atoms with E-state index in [0.29, 0.717) is 12.0 Å². The van der Waals surface area contributed by atoms with Crippen molar-refractivity contribution < 1.29 is 5.11 Å². The van der Waals surface area contributed by atoms with E-state index in [4.69, 9.17) is 5.73 Å². The Morgan fingerprint density at radius 1 is 1.38 bits per heavy atom. The van der Waals surface area contributed by atoms with Crippen molar-refractivity contribution in [1.29, 1.82) is 0 Å². The van der Waals surface area contributed by atoms with Crippen LogP contribution in [-0.2, 0) is 0 Å². The summed E-state index contributed by atoms with van der Waals surface area (Å²) >= 11 is 0. The van der Waals surface area contributed by atoms with Gasteiger partial charge in [0.05, 0.1) is 12.1 Å². The fourth-order valence-corrected chi connectivity index (χ4v) is 2.23. The highest BCUT2D eigenvalue weighted by Crippen LogP contribution is 2.39. The topological polar surface area (TPSA) is 49.5 Å². The maximum Gasteiger partial charge on any atom is 0.0626 e. The van der Waals surface area contributed by atoms with Gasteiger partial charge in [0, 0.05) is 12.6 Å². The molecule has 3 heteroatoms. The average molecular weight is 228 g/mol. The van der Waals surface area contributed by atoms with E-state index in [1.165, 1.54) is 12.8 Å². The second kappa shape index (κ2) is 4.63. The Bertz CT molecular complexity index is 233. The Morgan fingerprint density at radius 3 is 2.19 bits per heavy atom. The van der Waals surface area contributed by atoms with Gasteiger partial charge in [-0.25, -0.2) is 0 Å². The number of hydrogen-bond acceptors (Lipinski definition) is 3. The zero-order chi connectivity index (χ0) is 12.6. The Morgan fingerprint density at radius 2 is 1.88 bits per heavy atom. The van der Waals surface area contributed by atoms with Gasteiger partial charge in [0.1, 0.15) is 0 Å². The minimum atomic E-state index is -0.395. The molecule has 0 spiro atoms. The van der Waals surface area contributed by atoms with E-state index in [9.17, 15) is 5.11 Å². The third-order valence-corrected chi connectivity index (χ3v) is 4.14. The minimum Gasteiger partial charge on any atom is -0.394 e. The number of nitrogens with zero attached hydrogens (tertiary/aromatic N) is 1. The van der Waals surface area contributed by atoms with Crippen molar-refractivity contribution in [2.24, 2.45) is 17.1 Å². The fourth-order valence-electron chi connectivity index (χ4n) is 2.23. The van der Waals surface area contributed by atoms with Crippen molar-refractivity contribution in [2.45, 2.75) is 52.1 Å². The summed E-state index contributed by atoms with van der Waals surface area (Å²) < 4.78 is 0. The molecule has 0 saturated heterocycles. The molecule has 0 aromatic carbocycles. The van der Waals surface area contributed by atoms with Crippen LogP contribution in [0.3, 0.4) is 0 Å². The lowest BCUT2D eigenvalue weighted by Gasteiger charge is -2.40. The summed E-state index contributed by atoms with van der Waals surface area (Å²) in [6.07, 6.45) is 2.35. The van der Waals surface area contributed by atoms with Crippen LogP contribution in [0.5, 0.6) is 0 Å². The molecule has 1 fully saturated rings. The lowest BCUT2D eigenvalue weighted by molar-refractivity contribution is 0.0781. The zero-order valence-electron chi connectivity index (χ0n) is 11.5. The normalized spacial score (nSPS) is 23.2. The maximum atomic E-state index is 9.48. The number of aliphatic hydroxyl groups is 1. The van der Waals surface area contributed by atoms with E-state index >= 15 is 0 Å². The highest BCUT2D eigenvalue weighted by Gasteiger charge is 2.43. The monoisotopic (exact) mass is 228 g/mol. The molecule has 96 valence electrons. The molecule has 3 nitrogen and oxygen atoms in total. The molecule has 1 aliphatic rings. The van der Waals surface area contributed by atoms with Crippen LogP contribution in [0.2, 0.25) is 0 Å². The van der Waals surface area contributed by atoms with E-state index in [0.717, 1.165) is 6.54 Å². The SMILES string of the molecule is CC(N(C)CC(N)(CO)C1CC1)C(C)(C)C. The van der Waals surface area contributed by atoms with Gasteiger partial charge in [-0.3, -0.25) is 0 Å². The number of hydrogen-bond donors (Lipinski definition) is 2. The second-order valence-electron chi connectivity index (χ2n) is 6.62. The molecule has 0 amide bonds. The number of aliphatic hydroxyl groups excluding tert-OH is 1. The van der Waals surface area contributed by atoms with E-state index in [2.05, 4.69) is 39.6 Å². The van der Waals surface area contributed by atoms with E-state index < -0.39 is 5.54 Å². The molecule has 0 radical (unpaired) electrons. The second-order valence-corrected chi connectivity index (χ2v) is 6.62. The van der Waals surface area contributed by atoms with Crippen LogP contribution in [0.25, 0.3) is 0 Å². The Balaban J connectivity index is 2.58. The Hall–Kier alpha value is -0.120. The number of rotatable bonds is 5. The molecule has 0 aromatic heterocycles. The van der Waals surface area contributed by atoms with E-state index in [-0.39, 0.29) is 12.0 Å². The van der Waals surface area contributed by atoms with Crippen LogP contribution in [-0.4, -0.2) is 41.8 Å². The number of likely N-dealkylation sites (N-methyl/N-ethyl adjacent to an activating group) is 1. The van der Waals surface area contributed by atoms with Crippen LogP contribution in [0.1, 0.15) is 40.5 Å². The summed E-state index contributed by atoms with van der Waals surface area (Å²) in [6.45, 7) is 9.82. The summed E-state index contributed by atoms with van der Waals surface area (Å²) in [5, 5.41) is 9.48. The van der Waals surface area contributed by atoms with Gasteiger partial charge in [0.25, 0.3) is 0 Å². The summed E-state index contributed by atoms with van der Waals surface area (Å²) in [7, 11) is 2.11. The van der Waals surface area contributed by atoms with E-state index in [1.807, 2.05) is 0 Å². The smallest absolute Gasteiger partial charge is 0.0626 e. The summed E-state index contributed by atoms with van der Waals surface area (Å²) in [5.74, 6) is 0.520. The van der Waals surface area contributed by atoms with Gasteiger partial charge in [-0.05, 0) is 38.1 Å². The summed E-state index contributed by atoms with van der Waals surface area (Å²) in [6, 6.07) is 0.459. The quantitative estimate of drug-likeness (QED) is 0.749. The minimum absolute atomic E-state index is 0.0961. The first-order chi connectivity index (χ1) is 7.20. The summed E-state index contributed by atoms with van der Waals surface area (Å²) in [4.78, 5) is 2.29. The molecule has 1 saturated carbocycles. The maximum absolute atomic E-state index is 9.48. The third kappa shape index (κ3) is 3.19. The molecule has 0 bridgehead atoms. The molecule has 2 atom stereocenters. The van der Waals surface area contributed by atoms with Crippen molar-refractivity contribution >= 4 is 0 Å². The largest absolute Gasteiger partial charge is 0.394 e. The lowest BCUT2D eigenvalue weighted by atomic mass is 9.85. The molecule has 0 aromatic rings. The van der Waals surface area contributed by atoms with Crippen molar-refractivity contribution in [3.05, 3.63) is 0 Å². The molecule has 3 N–H and O–H groups in total. The fraction of sp³-hybridized carbons (Fsp3) is 1.00. The molecular weight excluding hydrogens is 200 g/mol. The van der Waals surface area contributed by atoms with Gasteiger partial charge in [0.2, 0.25) is 0 Å². The van der Waals surface area contributed by atoms with Gasteiger partial charge in [-0.2, -0.15) is 0 Å². The van der Waals surface area contributed by atoms with Gasteiger partial charge in [-0.15, -0.1) is 0 Å². The van der Waals surface area contributed by atoms with Gasteiger partial charge < -0.3 is 15.7 Å². The van der Waals surface area contributed by atoms with Crippen molar-refractivity contribution in [3.63, 3.8) is 0 Å². The molecular formula is C13H28N2O. The van der Waals surface area contributed by atoms with Crippen LogP contribution < -0.4 is 5.73 Å². The van der Waals surface area contributed by atoms with Crippen molar-refractivity contribution in [1.82, 2.24) is 4.90 Å². The predicted octanol–water partition coefficient (Wildman–Crippen LogP) is 1.45. The standard InChI is InChI=1S/C13H28N2O/c1-10(12(2,3)4)15(5)8-13(14,9-16)11-6-7-11/h10-11,16H,6-9,14H2,1-5H3. The highest BCUT2D eigenvalue weighted by atomic mass is 16.3. The van der Waals surface area contributed by atoms with Crippen LogP contribution in [0.4, 0.5) is 0 Å². The molecule has 16 heavy (non-hydrogen) atoms. The molecule has 1 aliphatic carbocycles. The van der Waals surface area contributed by atoms with Gasteiger partial charge in [-0.1, -0.05) is 20.8 Å². The van der Waals surface area contributed by atoms with Crippen LogP contribution >= 0.6 is 0 Å². The lowest BCUT2D eigenvalue weighted by Crippen LogP contribution is -2.57. The molecule has 2 unspecified atom stereocenters. The Labute approximate surface area is 100 Å². The average Bonchev–Trinajstić information content (AvgIpc) is 2.98. The molecule has 0 heterocycles. The zero-order valence-corrected chi connectivity index (χ0v) is 11.5. The van der Waals surface area contributed by atoms with Gasteiger partial charge >= 0.3 is 0 Å². The van der Waals surface area contributed by atoms with Crippen LogP contribution in [0.15, 0.2) is 0 Å². The first kappa shape index (κ1) is 13.9. The summed E-state index contributed by atoms with van der Waals surface area (Å²) in [5.41, 5.74) is 6.14. The van der Waals surface area contributed by atoms with E-state index in [1.54, 1.807) is 0 Å². The predicted molar refractivity (Wildman–Crippen MR) is 68.3 cm³/mol. The van der Waals surface area contributed by atoms with Gasteiger partial charge in [0.15, 0.2) is 0 Å².